The standard InChI is InChI=1S/C15H35NO5Si2/c1-9-16(11-10-12-23(18-3,19-4)20-5)13-14(2)15(17)21-22(6,7)8/h14H,9-13H2,1-8H3. The van der Waals surface area contributed by atoms with E-state index in [4.69, 9.17) is 17.7 Å². The van der Waals surface area contributed by atoms with Gasteiger partial charge in [-0.2, -0.15) is 0 Å². The van der Waals surface area contributed by atoms with E-state index in [9.17, 15) is 4.79 Å². The molecule has 0 aliphatic rings. The highest BCUT2D eigenvalue weighted by molar-refractivity contribution is 6.71. The van der Waals surface area contributed by atoms with Gasteiger partial charge in [0.05, 0.1) is 5.92 Å². The molecule has 1 unspecified atom stereocenters. The molecule has 0 rings (SSSR count). The first-order valence-corrected chi connectivity index (χ1v) is 13.6. The first-order chi connectivity index (χ1) is 10.6. The molecule has 8 heteroatoms. The smallest absolute Gasteiger partial charge is 0.500 e. The summed E-state index contributed by atoms with van der Waals surface area (Å²) in [7, 11) is 0.566. The van der Waals surface area contributed by atoms with E-state index < -0.39 is 17.1 Å². The molecule has 0 saturated carbocycles. The van der Waals surface area contributed by atoms with Crippen LogP contribution in [0, 0.1) is 5.92 Å². The van der Waals surface area contributed by atoms with E-state index in [1.54, 1.807) is 21.3 Å². The van der Waals surface area contributed by atoms with Crippen LogP contribution in [0.1, 0.15) is 20.3 Å². The first kappa shape index (κ1) is 22.7. The van der Waals surface area contributed by atoms with Gasteiger partial charge in [-0.15, -0.1) is 0 Å². The Hall–Kier alpha value is -0.256. The number of hydrogen-bond acceptors (Lipinski definition) is 6. The van der Waals surface area contributed by atoms with Crippen LogP contribution in [0.2, 0.25) is 25.7 Å². The van der Waals surface area contributed by atoms with Crippen LogP contribution in [0.4, 0.5) is 0 Å². The van der Waals surface area contributed by atoms with Gasteiger partial charge in [0.25, 0.3) is 5.97 Å². The first-order valence-electron chi connectivity index (χ1n) is 8.23. The minimum absolute atomic E-state index is 0.0861. The van der Waals surface area contributed by atoms with E-state index in [-0.39, 0.29) is 11.9 Å². The molecular weight excluding hydrogens is 330 g/mol. The van der Waals surface area contributed by atoms with E-state index in [1.807, 2.05) is 26.6 Å². The van der Waals surface area contributed by atoms with Crippen molar-refractivity contribution < 1.29 is 22.5 Å². The van der Waals surface area contributed by atoms with Crippen LogP contribution in [0.25, 0.3) is 0 Å². The van der Waals surface area contributed by atoms with Crippen LogP contribution in [0.5, 0.6) is 0 Å². The van der Waals surface area contributed by atoms with Crippen molar-refractivity contribution in [2.45, 2.75) is 46.0 Å². The molecule has 0 fully saturated rings. The van der Waals surface area contributed by atoms with E-state index in [0.717, 1.165) is 25.6 Å². The molecule has 0 aromatic rings. The summed E-state index contributed by atoms with van der Waals surface area (Å²) in [5, 5.41) is 0. The minimum atomic E-state index is -2.50. The molecule has 23 heavy (non-hydrogen) atoms. The van der Waals surface area contributed by atoms with Crippen molar-refractivity contribution in [3.05, 3.63) is 0 Å². The molecule has 0 aromatic carbocycles. The van der Waals surface area contributed by atoms with Gasteiger partial charge in [0, 0.05) is 33.9 Å². The molecule has 0 heterocycles. The second kappa shape index (κ2) is 10.6. The normalized spacial score (nSPS) is 14.1. The molecule has 0 amide bonds. The molecule has 0 radical (unpaired) electrons. The Labute approximate surface area is 143 Å². The summed E-state index contributed by atoms with van der Waals surface area (Å²) in [5.74, 6) is -0.201. The Morgan fingerprint density at radius 2 is 1.61 bits per heavy atom. The summed E-state index contributed by atoms with van der Waals surface area (Å²) in [4.78, 5) is 14.4. The Morgan fingerprint density at radius 3 is 2.00 bits per heavy atom. The second-order valence-electron chi connectivity index (χ2n) is 6.73. The predicted molar refractivity (Wildman–Crippen MR) is 96.9 cm³/mol. The maximum Gasteiger partial charge on any atom is 0.500 e. The summed E-state index contributed by atoms with van der Waals surface area (Å²) < 4.78 is 21.9. The third kappa shape index (κ3) is 8.97. The lowest BCUT2D eigenvalue weighted by Gasteiger charge is -2.28. The van der Waals surface area contributed by atoms with Crippen molar-refractivity contribution >= 4 is 23.1 Å². The highest BCUT2D eigenvalue weighted by Gasteiger charge is 2.37. The lowest BCUT2D eigenvalue weighted by atomic mass is 10.1. The Bertz CT molecular complexity index is 337. The number of hydrogen-bond donors (Lipinski definition) is 0. The highest BCUT2D eigenvalue weighted by atomic mass is 28.4. The van der Waals surface area contributed by atoms with E-state index >= 15 is 0 Å². The number of rotatable bonds is 12. The zero-order valence-corrected chi connectivity index (χ0v) is 18.1. The van der Waals surface area contributed by atoms with E-state index in [1.165, 1.54) is 0 Å². The average Bonchev–Trinajstić information content (AvgIpc) is 2.49. The van der Waals surface area contributed by atoms with Crippen molar-refractivity contribution in [1.29, 1.82) is 0 Å². The van der Waals surface area contributed by atoms with Gasteiger partial charge in [0.2, 0.25) is 8.32 Å². The van der Waals surface area contributed by atoms with Gasteiger partial charge in [-0.05, 0) is 39.2 Å². The van der Waals surface area contributed by atoms with Crippen LogP contribution < -0.4 is 0 Å². The van der Waals surface area contributed by atoms with Crippen molar-refractivity contribution in [2.75, 3.05) is 41.0 Å². The molecule has 0 saturated heterocycles. The fourth-order valence-electron chi connectivity index (χ4n) is 2.32. The lowest BCUT2D eigenvalue weighted by molar-refractivity contribution is -0.139. The zero-order valence-electron chi connectivity index (χ0n) is 16.1. The quantitative estimate of drug-likeness (QED) is 0.496. The van der Waals surface area contributed by atoms with Crippen molar-refractivity contribution in [3.8, 4) is 0 Å². The topological polar surface area (TPSA) is 57.2 Å². The molecule has 138 valence electrons. The van der Waals surface area contributed by atoms with Gasteiger partial charge in [-0.25, -0.2) is 0 Å². The molecule has 0 aliphatic carbocycles. The van der Waals surface area contributed by atoms with Crippen molar-refractivity contribution in [3.63, 3.8) is 0 Å². The summed E-state index contributed by atoms with van der Waals surface area (Å²) in [6, 6.07) is 0.765. The monoisotopic (exact) mass is 365 g/mol. The van der Waals surface area contributed by atoms with Crippen LogP contribution in [-0.2, 0) is 22.5 Å². The summed E-state index contributed by atoms with van der Waals surface area (Å²) in [6.07, 6.45) is 0.908. The van der Waals surface area contributed by atoms with Gasteiger partial charge in [-0.3, -0.25) is 4.79 Å². The molecule has 0 aliphatic heterocycles. The fourth-order valence-corrected chi connectivity index (χ4v) is 4.83. The molecular formula is C15H35NO5Si2. The molecule has 1 atom stereocenters. The van der Waals surface area contributed by atoms with Crippen molar-refractivity contribution in [2.24, 2.45) is 5.92 Å². The SMILES string of the molecule is CCN(CCC[Si](OC)(OC)OC)CC(C)C(=O)O[Si](C)(C)C. The maximum atomic E-state index is 12.1. The summed E-state index contributed by atoms with van der Waals surface area (Å²) in [5.41, 5.74) is 0. The Kier molecular flexibility index (Phi) is 10.5. The predicted octanol–water partition coefficient (Wildman–Crippen LogP) is 2.59. The minimum Gasteiger partial charge on any atom is -0.520 e. The molecule has 0 bridgehead atoms. The maximum absolute atomic E-state index is 12.1. The van der Waals surface area contributed by atoms with Gasteiger partial charge >= 0.3 is 8.80 Å². The van der Waals surface area contributed by atoms with Crippen LogP contribution in [0.15, 0.2) is 0 Å². The average molecular weight is 366 g/mol. The Balaban J connectivity index is 4.38. The molecule has 0 aromatic heterocycles. The van der Waals surface area contributed by atoms with E-state index in [0.29, 0.717) is 6.54 Å². The highest BCUT2D eigenvalue weighted by Crippen LogP contribution is 2.16. The number of carbonyl (C=O) groups excluding carboxylic acids is 1. The summed E-state index contributed by atoms with van der Waals surface area (Å²) >= 11 is 0. The van der Waals surface area contributed by atoms with Crippen LogP contribution in [0.3, 0.4) is 0 Å². The number of carbonyl (C=O) groups is 1. The lowest BCUT2D eigenvalue weighted by Crippen LogP contribution is -2.43. The zero-order chi connectivity index (χ0) is 18.1. The third-order valence-corrected chi connectivity index (χ3v) is 7.32. The number of nitrogens with zero attached hydrogens (tertiary/aromatic N) is 1. The molecule has 6 nitrogen and oxygen atoms in total. The van der Waals surface area contributed by atoms with Crippen LogP contribution >= 0.6 is 0 Å². The third-order valence-electron chi connectivity index (χ3n) is 3.68. The molecule has 0 spiro atoms. The second-order valence-corrected chi connectivity index (χ2v) is 14.2. The van der Waals surface area contributed by atoms with Crippen molar-refractivity contribution in [1.82, 2.24) is 4.90 Å². The largest absolute Gasteiger partial charge is 0.520 e. The molecule has 0 N–H and O–H groups in total. The van der Waals surface area contributed by atoms with Gasteiger partial charge < -0.3 is 22.6 Å². The van der Waals surface area contributed by atoms with Gasteiger partial charge in [0.1, 0.15) is 0 Å². The van der Waals surface area contributed by atoms with Crippen LogP contribution in [-0.4, -0.2) is 69.0 Å². The van der Waals surface area contributed by atoms with Gasteiger partial charge in [-0.1, -0.05) is 13.8 Å². The summed E-state index contributed by atoms with van der Waals surface area (Å²) in [6.45, 7) is 12.6. The van der Waals surface area contributed by atoms with Gasteiger partial charge in [0.15, 0.2) is 0 Å². The Morgan fingerprint density at radius 1 is 1.09 bits per heavy atom. The fraction of sp³-hybridized carbons (Fsp3) is 0.933. The van der Waals surface area contributed by atoms with E-state index in [2.05, 4.69) is 11.8 Å².